The largest absolute Gasteiger partial charge is 0.508 e. The number of hydrogen-bond donors (Lipinski definition) is 10. The molecule has 11 nitrogen and oxygen atoms in total. The maximum atomic E-state index is 12.7. The van der Waals surface area contributed by atoms with Crippen molar-refractivity contribution in [3.05, 3.63) is 184 Å². The van der Waals surface area contributed by atoms with Crippen LogP contribution in [0.1, 0.15) is 67.5 Å². The van der Waals surface area contributed by atoms with Crippen LogP contribution in [-0.4, -0.2) is 81.2 Å². The Morgan fingerprint density at radius 1 is 0.606 bits per heavy atom. The smallest absolute Gasteiger partial charge is 0.200 e. The molecule has 6 radical (unpaired) electrons. The third-order valence-electron chi connectivity index (χ3n) is 13.7. The second kappa shape index (κ2) is 18.3. The predicted molar refractivity (Wildman–Crippen MR) is 282 cm³/mol. The molecule has 0 bridgehead atoms. The molecular weight excluding hydrogens is 891 g/mol. The first-order valence-electron chi connectivity index (χ1n) is 22.8. The zero-order chi connectivity index (χ0) is 51.6. The second-order valence-corrected chi connectivity index (χ2v) is 18.0. The number of aliphatic hydroxyl groups is 3. The lowest BCUT2D eigenvalue weighted by Crippen LogP contribution is -2.36. The van der Waals surface area contributed by atoms with E-state index in [1.165, 1.54) is 6.07 Å². The summed E-state index contributed by atoms with van der Waals surface area (Å²) in [6.07, 6.45) is 6.45. The Hall–Kier alpha value is -8.09. The highest BCUT2D eigenvalue weighted by Gasteiger charge is 2.55. The highest BCUT2D eigenvalue weighted by atomic mass is 16.3. The van der Waals surface area contributed by atoms with Gasteiger partial charge in [-0.15, -0.1) is 0 Å². The number of aliphatic hydroxyl groups excluding tert-OH is 3. The van der Waals surface area contributed by atoms with Gasteiger partial charge in [-0.3, -0.25) is 0 Å². The third-order valence-corrected chi connectivity index (χ3v) is 13.7. The molecule has 10 N–H and O–H groups in total. The fraction of sp³-hybridized carbons (Fsp3) is 0.158. The summed E-state index contributed by atoms with van der Waals surface area (Å²) < 4.78 is 0. The Morgan fingerprint density at radius 3 is 1.90 bits per heavy atom. The Labute approximate surface area is 415 Å². The van der Waals surface area contributed by atoms with Crippen LogP contribution in [0.2, 0.25) is 0 Å². The van der Waals surface area contributed by atoms with Gasteiger partial charge < -0.3 is 56.0 Å². The van der Waals surface area contributed by atoms with Gasteiger partial charge in [-0.05, 0) is 86.1 Å². The van der Waals surface area contributed by atoms with Crippen LogP contribution < -0.4 is 21.3 Å². The van der Waals surface area contributed by atoms with Gasteiger partial charge in [0.25, 0.3) is 0 Å². The van der Waals surface area contributed by atoms with Crippen molar-refractivity contribution in [3.8, 4) is 62.5 Å². The number of benzene rings is 6. The summed E-state index contributed by atoms with van der Waals surface area (Å²) in [6, 6.07) is 26.2. The monoisotopic (exact) mass is 941 g/mol. The fourth-order valence-corrected chi connectivity index (χ4v) is 10.2. The molecule has 1 unspecified atom stereocenters. The quantitative estimate of drug-likeness (QED) is 0.0588. The van der Waals surface area contributed by atoms with Gasteiger partial charge in [0.1, 0.15) is 35.0 Å². The predicted octanol–water partition coefficient (Wildman–Crippen LogP) is 8.35. The number of nitrogens with zero attached hydrogens (tertiary/aromatic N) is 1. The van der Waals surface area contributed by atoms with Gasteiger partial charge in [-0.2, -0.15) is 0 Å². The summed E-state index contributed by atoms with van der Waals surface area (Å²) in [7, 11) is 19.8. The van der Waals surface area contributed by atoms with Crippen LogP contribution in [0, 0.1) is 0 Å². The number of anilines is 2. The van der Waals surface area contributed by atoms with Crippen LogP contribution in [0.3, 0.4) is 0 Å². The Balaban J connectivity index is 0.00000334. The SMILES string of the molecule is CC.[B]c1c([B])c2c(c(O)c1O)C1(C(=C)/C=C(CO)\C(O)=C(\O)Cc3c1cc(N(C1=C/CC(C)(C)c4ccccc4C(=C)/C=C\1)c1ccccc1-c1ccccc1)c(O)c3O)c1c([B])c(O)c(O)c(O)c1-2. The zero-order valence-electron chi connectivity index (χ0n) is 39.6. The molecule has 0 aliphatic heterocycles. The molecule has 0 saturated carbocycles. The summed E-state index contributed by atoms with van der Waals surface area (Å²) in [6.45, 7) is 16.1. The Morgan fingerprint density at radius 2 is 1.23 bits per heavy atom. The average molecular weight is 941 g/mol. The van der Waals surface area contributed by atoms with Crippen LogP contribution in [0.4, 0.5) is 11.4 Å². The van der Waals surface area contributed by atoms with Crippen molar-refractivity contribution in [2.45, 2.75) is 51.4 Å². The summed E-state index contributed by atoms with van der Waals surface area (Å²) in [5, 5.41) is 118. The van der Waals surface area contributed by atoms with Gasteiger partial charge in [0, 0.05) is 39.9 Å². The average Bonchev–Trinajstić information content (AvgIpc) is 3.73. The number of rotatable bonds is 5. The zero-order valence-corrected chi connectivity index (χ0v) is 39.6. The van der Waals surface area contributed by atoms with E-state index in [0.29, 0.717) is 28.9 Å². The maximum Gasteiger partial charge on any atom is 0.200 e. The van der Waals surface area contributed by atoms with Crippen molar-refractivity contribution in [2.24, 2.45) is 0 Å². The molecule has 3 aliphatic rings. The minimum Gasteiger partial charge on any atom is -0.508 e. The number of phenolic OH excluding ortho intramolecular Hbond substituents is 7. The molecular formula is C57H50B3NO10. The third kappa shape index (κ3) is 7.43. The van der Waals surface area contributed by atoms with Crippen molar-refractivity contribution in [1.82, 2.24) is 0 Å². The van der Waals surface area contributed by atoms with Crippen LogP contribution in [-0.2, 0) is 17.3 Å². The molecule has 1 spiro atoms. The van der Waals surface area contributed by atoms with E-state index >= 15 is 0 Å². The highest BCUT2D eigenvalue weighted by molar-refractivity contribution is 6.53. The maximum absolute atomic E-state index is 12.7. The minimum absolute atomic E-state index is 0.121. The van der Waals surface area contributed by atoms with Gasteiger partial charge in [0.2, 0.25) is 0 Å². The second-order valence-electron chi connectivity index (χ2n) is 18.0. The fourth-order valence-electron chi connectivity index (χ4n) is 10.2. The molecule has 0 fully saturated rings. The molecule has 3 aliphatic carbocycles. The van der Waals surface area contributed by atoms with Crippen molar-refractivity contribution in [1.29, 1.82) is 0 Å². The topological polar surface area (TPSA) is 206 Å². The van der Waals surface area contributed by atoms with Gasteiger partial charge in [0.05, 0.1) is 23.4 Å². The lowest BCUT2D eigenvalue weighted by molar-refractivity contribution is 0.289. The van der Waals surface area contributed by atoms with Gasteiger partial charge in [0.15, 0.2) is 40.3 Å². The molecule has 0 amide bonds. The lowest BCUT2D eigenvalue weighted by atomic mass is 9.61. The van der Waals surface area contributed by atoms with Gasteiger partial charge in [-0.25, -0.2) is 0 Å². The molecule has 0 saturated heterocycles. The number of hydrogen-bond acceptors (Lipinski definition) is 11. The molecule has 14 heteroatoms. The van der Waals surface area contributed by atoms with E-state index in [1.807, 2.05) is 105 Å². The number of aromatic hydroxyl groups is 7. The molecule has 352 valence electrons. The first kappa shape index (κ1) is 49.3. The van der Waals surface area contributed by atoms with E-state index in [2.05, 4.69) is 27.0 Å². The lowest BCUT2D eigenvalue weighted by Gasteiger charge is -2.39. The molecule has 71 heavy (non-hydrogen) atoms. The molecule has 0 aromatic heterocycles. The van der Waals surface area contributed by atoms with Crippen molar-refractivity contribution >= 4 is 56.9 Å². The Kier molecular flexibility index (Phi) is 12.7. The van der Waals surface area contributed by atoms with E-state index in [9.17, 15) is 51.1 Å². The van der Waals surface area contributed by atoms with Crippen molar-refractivity contribution in [3.63, 3.8) is 0 Å². The van der Waals surface area contributed by atoms with Gasteiger partial charge >= 0.3 is 0 Å². The number of phenols is 7. The number of fused-ring (bicyclic) bond motifs is 8. The van der Waals surface area contributed by atoms with Crippen LogP contribution >= 0.6 is 0 Å². The van der Waals surface area contributed by atoms with E-state index in [0.717, 1.165) is 22.8 Å². The number of para-hydroxylation sites is 1. The van der Waals surface area contributed by atoms with Gasteiger partial charge in [-0.1, -0.05) is 137 Å². The minimum atomic E-state index is -2.40. The standard InChI is InChI=1S/C55H44B3NO10.C2H6/c1-26-18-19-30(20-21-54(3,4)34-16-10-8-14-31(26)34)59(36-17-11-9-15-32(36)28-12-6-5-7-13-28)37-24-35-33(47(63)48(37)64)23-38(61)46(62)29(25-60)22-27(2)55(35)41-40(49(65)53(69)51(67)44(41)57)39-42(55)50(66)52(68)45(58)43(39)56;1-2/h5-20,22,24,60-69H,1-2,21,23,25H2,3-4H3;1-2H3/b19-18-,29-22-,30-20+,46-38-;. The first-order chi connectivity index (χ1) is 33.8. The van der Waals surface area contributed by atoms with Crippen molar-refractivity contribution < 1.29 is 51.1 Å². The molecule has 0 heterocycles. The summed E-state index contributed by atoms with van der Waals surface area (Å²) in [5.74, 6) is -8.18. The van der Waals surface area contributed by atoms with Crippen molar-refractivity contribution in [2.75, 3.05) is 11.5 Å². The van der Waals surface area contributed by atoms with Crippen LogP contribution in [0.15, 0.2) is 151 Å². The summed E-state index contributed by atoms with van der Waals surface area (Å²) in [5.41, 5.74) is -1.97. The Bertz CT molecular complexity index is 3300. The molecule has 1 atom stereocenters. The van der Waals surface area contributed by atoms with E-state index in [1.54, 1.807) is 11.0 Å². The van der Waals surface area contributed by atoms with Crippen LogP contribution in [0.5, 0.6) is 40.2 Å². The molecule has 6 aromatic rings. The van der Waals surface area contributed by atoms with E-state index in [-0.39, 0.29) is 50.2 Å². The number of allylic oxidation sites excluding steroid dienone is 7. The molecule has 9 rings (SSSR count). The highest BCUT2D eigenvalue weighted by Crippen LogP contribution is 2.65. The summed E-state index contributed by atoms with van der Waals surface area (Å²) >= 11 is 0. The molecule has 6 aromatic carbocycles. The first-order valence-corrected chi connectivity index (χ1v) is 22.8. The normalized spacial score (nSPS) is 19.8. The summed E-state index contributed by atoms with van der Waals surface area (Å²) in [4.78, 5) is 1.71. The van der Waals surface area contributed by atoms with Crippen LogP contribution in [0.25, 0.3) is 27.8 Å². The van der Waals surface area contributed by atoms with E-state index in [4.69, 9.17) is 23.5 Å². The van der Waals surface area contributed by atoms with E-state index < -0.39 is 92.0 Å².